The normalized spacial score (nSPS) is 12.2. The van der Waals surface area contributed by atoms with Gasteiger partial charge in [0, 0.05) is 13.1 Å². The van der Waals surface area contributed by atoms with Gasteiger partial charge >= 0.3 is 0 Å². The fraction of sp³-hybridized carbons (Fsp3) is 0.500. The molecule has 26 heavy (non-hydrogen) atoms. The molecular weight excluding hydrogens is 443 g/mol. The van der Waals surface area contributed by atoms with Gasteiger partial charge in [-0.15, -0.1) is 34.2 Å². The van der Waals surface area contributed by atoms with Crippen LogP contribution < -0.4 is 15.4 Å². The van der Waals surface area contributed by atoms with Crippen LogP contribution in [0.25, 0.3) is 0 Å². The van der Waals surface area contributed by atoms with E-state index < -0.39 is 0 Å². The summed E-state index contributed by atoms with van der Waals surface area (Å²) in [6, 6.07) is 8.06. The van der Waals surface area contributed by atoms with Gasteiger partial charge in [0.05, 0.1) is 6.54 Å². The lowest BCUT2D eigenvalue weighted by atomic mass is 10.2. The van der Waals surface area contributed by atoms with E-state index >= 15 is 0 Å². The maximum atomic E-state index is 5.94. The SMILES string of the molecule is CCNC(=NCc1nncn1CC)NCC(C)Oc1cccc(C)c1.I. The summed E-state index contributed by atoms with van der Waals surface area (Å²) in [4.78, 5) is 4.57. The van der Waals surface area contributed by atoms with Gasteiger partial charge in [-0.2, -0.15) is 0 Å². The number of nitrogens with one attached hydrogen (secondary N) is 2. The molecule has 0 fully saturated rings. The van der Waals surface area contributed by atoms with Gasteiger partial charge in [-0.3, -0.25) is 0 Å². The summed E-state index contributed by atoms with van der Waals surface area (Å²) in [5.41, 5.74) is 1.19. The fourth-order valence-corrected chi connectivity index (χ4v) is 2.36. The number of aliphatic imine (C=N–C) groups is 1. The van der Waals surface area contributed by atoms with E-state index in [0.717, 1.165) is 30.6 Å². The topological polar surface area (TPSA) is 76.4 Å². The summed E-state index contributed by atoms with van der Waals surface area (Å²) in [7, 11) is 0. The summed E-state index contributed by atoms with van der Waals surface area (Å²) in [6.07, 6.45) is 1.74. The van der Waals surface area contributed by atoms with E-state index in [-0.39, 0.29) is 30.1 Å². The third kappa shape index (κ3) is 7.19. The molecule has 144 valence electrons. The zero-order valence-electron chi connectivity index (χ0n) is 15.9. The number of aryl methyl sites for hydroxylation is 2. The molecule has 0 radical (unpaired) electrons. The Morgan fingerprint density at radius 1 is 1.31 bits per heavy atom. The molecule has 2 N–H and O–H groups in total. The summed E-state index contributed by atoms with van der Waals surface area (Å²) in [5.74, 6) is 2.48. The molecule has 8 heteroatoms. The minimum absolute atomic E-state index is 0. The van der Waals surface area contributed by atoms with Crippen LogP contribution in [-0.4, -0.2) is 39.9 Å². The Labute approximate surface area is 172 Å². The van der Waals surface area contributed by atoms with E-state index in [9.17, 15) is 0 Å². The Kier molecular flexibility index (Phi) is 10.0. The average Bonchev–Trinajstić information content (AvgIpc) is 3.05. The monoisotopic (exact) mass is 472 g/mol. The van der Waals surface area contributed by atoms with Crippen LogP contribution in [0.1, 0.15) is 32.2 Å². The standard InChI is InChI=1S/C18H28N6O.HI/c1-5-19-18(21-12-17-23-22-13-24(17)6-2)20-11-15(4)25-16-9-7-8-14(3)10-16;/h7-10,13,15H,5-6,11-12H2,1-4H3,(H2,19,20,21);1H. The van der Waals surface area contributed by atoms with Gasteiger partial charge in [-0.05, 0) is 45.4 Å². The fourth-order valence-electron chi connectivity index (χ4n) is 2.36. The number of ether oxygens (including phenoxy) is 1. The van der Waals surface area contributed by atoms with Crippen LogP contribution in [-0.2, 0) is 13.1 Å². The molecule has 0 amide bonds. The van der Waals surface area contributed by atoms with Crippen molar-refractivity contribution >= 4 is 29.9 Å². The molecule has 1 aromatic heterocycles. The second kappa shape index (κ2) is 11.7. The predicted molar refractivity (Wildman–Crippen MR) is 115 cm³/mol. The Bertz CT molecular complexity index is 688. The van der Waals surface area contributed by atoms with E-state index in [4.69, 9.17) is 4.74 Å². The average molecular weight is 472 g/mol. The first-order valence-electron chi connectivity index (χ1n) is 8.74. The summed E-state index contributed by atoms with van der Waals surface area (Å²) < 4.78 is 7.92. The van der Waals surface area contributed by atoms with Crippen molar-refractivity contribution in [3.05, 3.63) is 42.0 Å². The molecule has 0 spiro atoms. The number of rotatable bonds is 8. The molecule has 0 saturated heterocycles. The molecule has 1 unspecified atom stereocenters. The summed E-state index contributed by atoms with van der Waals surface area (Å²) >= 11 is 0. The largest absolute Gasteiger partial charge is 0.489 e. The number of benzene rings is 1. The molecule has 1 heterocycles. The highest BCUT2D eigenvalue weighted by atomic mass is 127. The highest BCUT2D eigenvalue weighted by Gasteiger charge is 2.07. The van der Waals surface area contributed by atoms with Crippen LogP contribution in [0.2, 0.25) is 0 Å². The molecule has 7 nitrogen and oxygen atoms in total. The molecule has 0 bridgehead atoms. The van der Waals surface area contributed by atoms with Crippen LogP contribution >= 0.6 is 24.0 Å². The molecule has 0 aliphatic heterocycles. The van der Waals surface area contributed by atoms with Crippen molar-refractivity contribution in [2.75, 3.05) is 13.1 Å². The van der Waals surface area contributed by atoms with Gasteiger partial charge in [-0.1, -0.05) is 12.1 Å². The third-order valence-corrected chi connectivity index (χ3v) is 3.64. The smallest absolute Gasteiger partial charge is 0.191 e. The van der Waals surface area contributed by atoms with Crippen molar-refractivity contribution < 1.29 is 4.74 Å². The third-order valence-electron chi connectivity index (χ3n) is 3.64. The predicted octanol–water partition coefficient (Wildman–Crippen LogP) is 2.75. The van der Waals surface area contributed by atoms with Crippen LogP contribution in [0.15, 0.2) is 35.6 Å². The van der Waals surface area contributed by atoms with Gasteiger partial charge in [0.25, 0.3) is 0 Å². The van der Waals surface area contributed by atoms with Crippen molar-refractivity contribution in [1.82, 2.24) is 25.4 Å². The lowest BCUT2D eigenvalue weighted by Crippen LogP contribution is -2.41. The van der Waals surface area contributed by atoms with Crippen molar-refractivity contribution in [3.8, 4) is 5.75 Å². The van der Waals surface area contributed by atoms with Crippen LogP contribution in [0.4, 0.5) is 0 Å². The summed E-state index contributed by atoms with van der Waals surface area (Å²) in [6.45, 7) is 11.0. The van der Waals surface area contributed by atoms with E-state index in [1.165, 1.54) is 5.56 Å². The van der Waals surface area contributed by atoms with E-state index in [0.29, 0.717) is 13.1 Å². The van der Waals surface area contributed by atoms with Gasteiger partial charge in [0.15, 0.2) is 11.8 Å². The zero-order valence-corrected chi connectivity index (χ0v) is 18.2. The highest BCUT2D eigenvalue weighted by molar-refractivity contribution is 14.0. The van der Waals surface area contributed by atoms with Crippen LogP contribution in [0.5, 0.6) is 5.75 Å². The zero-order chi connectivity index (χ0) is 18.1. The van der Waals surface area contributed by atoms with Gasteiger partial charge in [0.2, 0.25) is 0 Å². The van der Waals surface area contributed by atoms with Gasteiger partial charge in [-0.25, -0.2) is 4.99 Å². The van der Waals surface area contributed by atoms with Gasteiger partial charge < -0.3 is 19.9 Å². The van der Waals surface area contributed by atoms with Crippen molar-refractivity contribution in [1.29, 1.82) is 0 Å². The molecule has 2 rings (SSSR count). The first-order chi connectivity index (χ1) is 12.1. The van der Waals surface area contributed by atoms with E-state index in [2.05, 4.69) is 45.7 Å². The number of aromatic nitrogens is 3. The first-order valence-corrected chi connectivity index (χ1v) is 8.74. The highest BCUT2D eigenvalue weighted by Crippen LogP contribution is 2.13. The van der Waals surface area contributed by atoms with Crippen molar-refractivity contribution in [3.63, 3.8) is 0 Å². The molecule has 2 aromatic rings. The molecule has 1 aromatic carbocycles. The lowest BCUT2D eigenvalue weighted by molar-refractivity contribution is 0.223. The second-order valence-corrected chi connectivity index (χ2v) is 5.85. The molecular formula is C18H29IN6O. The van der Waals surface area contributed by atoms with Crippen LogP contribution in [0.3, 0.4) is 0 Å². The number of hydrogen-bond donors (Lipinski definition) is 2. The Hall–Kier alpha value is -1.84. The van der Waals surface area contributed by atoms with Crippen molar-refractivity contribution in [2.24, 2.45) is 4.99 Å². The Morgan fingerprint density at radius 3 is 2.81 bits per heavy atom. The molecule has 0 saturated carbocycles. The van der Waals surface area contributed by atoms with E-state index in [1.54, 1.807) is 6.33 Å². The Balaban J connectivity index is 0.00000338. The lowest BCUT2D eigenvalue weighted by Gasteiger charge is -2.18. The minimum atomic E-state index is 0. The van der Waals surface area contributed by atoms with E-state index in [1.807, 2.05) is 36.6 Å². The summed E-state index contributed by atoms with van der Waals surface area (Å²) in [5, 5.41) is 14.6. The number of hydrogen-bond acceptors (Lipinski definition) is 4. The second-order valence-electron chi connectivity index (χ2n) is 5.85. The maximum absolute atomic E-state index is 5.94. The number of nitrogens with zero attached hydrogens (tertiary/aromatic N) is 4. The number of guanidine groups is 1. The quantitative estimate of drug-likeness (QED) is 0.351. The van der Waals surface area contributed by atoms with Gasteiger partial charge in [0.1, 0.15) is 24.7 Å². The first kappa shape index (κ1) is 22.2. The number of halogens is 1. The molecule has 0 aliphatic carbocycles. The van der Waals surface area contributed by atoms with Crippen molar-refractivity contribution in [2.45, 2.75) is 46.9 Å². The molecule has 1 atom stereocenters. The Morgan fingerprint density at radius 2 is 2.12 bits per heavy atom. The molecule has 0 aliphatic rings. The van der Waals surface area contributed by atoms with Crippen LogP contribution in [0, 0.1) is 6.92 Å². The minimum Gasteiger partial charge on any atom is -0.489 e. The maximum Gasteiger partial charge on any atom is 0.191 e.